The third-order valence-electron chi connectivity index (χ3n) is 7.17. The van der Waals surface area contributed by atoms with Crippen LogP contribution in [0.25, 0.3) is 0 Å². The van der Waals surface area contributed by atoms with E-state index < -0.39 is 25.0 Å². The number of nitro groups is 1. The average Bonchev–Trinajstić information content (AvgIpc) is 2.90. The van der Waals surface area contributed by atoms with Crippen LogP contribution in [0.1, 0.15) is 63.0 Å². The van der Waals surface area contributed by atoms with Gasteiger partial charge in [-0.05, 0) is 88.0 Å². The number of allylic oxidation sites excluding steroid dienone is 1. The number of benzene rings is 2. The van der Waals surface area contributed by atoms with Crippen molar-refractivity contribution in [3.8, 4) is 0 Å². The van der Waals surface area contributed by atoms with Gasteiger partial charge in [-0.2, -0.15) is 4.31 Å². The van der Waals surface area contributed by atoms with E-state index in [0.29, 0.717) is 42.4 Å². The molecule has 0 radical (unpaired) electrons. The van der Waals surface area contributed by atoms with Crippen molar-refractivity contribution in [3.63, 3.8) is 0 Å². The van der Waals surface area contributed by atoms with Crippen LogP contribution in [0, 0.1) is 29.9 Å². The Hall–Kier alpha value is -2.60. The lowest BCUT2D eigenvalue weighted by Gasteiger charge is -2.29. The van der Waals surface area contributed by atoms with E-state index in [-0.39, 0.29) is 10.6 Å². The lowest BCUT2D eigenvalue weighted by Crippen LogP contribution is -2.37. The van der Waals surface area contributed by atoms with Gasteiger partial charge >= 0.3 is 0 Å². The molecule has 0 atom stereocenters. The van der Waals surface area contributed by atoms with Crippen LogP contribution in [0.3, 0.4) is 0 Å². The molecule has 11 heteroatoms. The molecule has 214 valence electrons. The molecular formula is C28H39N3O6S2. The van der Waals surface area contributed by atoms with E-state index in [2.05, 4.69) is 17.7 Å². The number of nitro benzene ring substituents is 1. The van der Waals surface area contributed by atoms with Gasteiger partial charge in [-0.1, -0.05) is 36.8 Å². The average molecular weight is 578 g/mol. The fourth-order valence-electron chi connectivity index (χ4n) is 4.70. The summed E-state index contributed by atoms with van der Waals surface area (Å²) in [5.41, 5.74) is 2.54. The molecule has 1 saturated heterocycles. The minimum Gasteiger partial charge on any atom is -0.258 e. The van der Waals surface area contributed by atoms with Crippen LogP contribution in [0.5, 0.6) is 0 Å². The summed E-state index contributed by atoms with van der Waals surface area (Å²) in [5.74, 6) is 0.638. The molecule has 1 aliphatic carbocycles. The van der Waals surface area contributed by atoms with Gasteiger partial charge in [0, 0.05) is 31.8 Å². The number of sulfonamides is 2. The van der Waals surface area contributed by atoms with E-state index in [4.69, 9.17) is 0 Å². The van der Waals surface area contributed by atoms with Crippen molar-refractivity contribution >= 4 is 25.7 Å². The van der Waals surface area contributed by atoms with E-state index >= 15 is 0 Å². The standard InChI is InChI=1S/C15H20N2O4S.C13H19NO2S/c1-12-7-8-14(17(18)19)11-15(12)22(20,21)16-10-9-13-5-3-2-4-6-13;1-11-6-8-14(9-7-11)17(15,16)13-5-3-4-12(2)10-13/h5,7-8,11,16H,2-4,6,9-10H2,1H3;3-5,10-11H,6-9H2,1-2H3. The first-order valence-corrected chi connectivity index (χ1v) is 16.3. The van der Waals surface area contributed by atoms with Gasteiger partial charge in [-0.15, -0.1) is 0 Å². The smallest absolute Gasteiger partial charge is 0.258 e. The van der Waals surface area contributed by atoms with Gasteiger partial charge in [0.25, 0.3) is 5.69 Å². The highest BCUT2D eigenvalue weighted by Gasteiger charge is 2.28. The Labute approximate surface area is 232 Å². The molecule has 1 heterocycles. The number of nitrogens with one attached hydrogen (secondary N) is 1. The highest BCUT2D eigenvalue weighted by atomic mass is 32.2. The van der Waals surface area contributed by atoms with Crippen molar-refractivity contribution in [2.24, 2.45) is 5.92 Å². The molecule has 0 aromatic heterocycles. The lowest BCUT2D eigenvalue weighted by molar-refractivity contribution is -0.385. The molecule has 1 aliphatic heterocycles. The van der Waals surface area contributed by atoms with E-state index in [0.717, 1.165) is 43.7 Å². The maximum absolute atomic E-state index is 12.4. The number of nitrogens with zero attached hydrogens (tertiary/aromatic N) is 2. The minimum absolute atomic E-state index is 0.0284. The molecule has 39 heavy (non-hydrogen) atoms. The molecule has 2 aromatic rings. The highest BCUT2D eigenvalue weighted by Crippen LogP contribution is 2.24. The molecule has 4 rings (SSSR count). The summed E-state index contributed by atoms with van der Waals surface area (Å²) in [5, 5.41) is 10.8. The van der Waals surface area contributed by atoms with Gasteiger partial charge in [0.2, 0.25) is 20.0 Å². The van der Waals surface area contributed by atoms with Crippen LogP contribution in [-0.2, 0) is 20.0 Å². The van der Waals surface area contributed by atoms with Gasteiger partial charge in [0.15, 0.2) is 0 Å². The van der Waals surface area contributed by atoms with E-state index in [1.807, 2.05) is 13.0 Å². The van der Waals surface area contributed by atoms with Crippen LogP contribution in [-0.4, -0.2) is 45.7 Å². The van der Waals surface area contributed by atoms with E-state index in [9.17, 15) is 26.9 Å². The predicted octanol–water partition coefficient (Wildman–Crippen LogP) is 5.49. The number of hydrogen-bond donors (Lipinski definition) is 1. The maximum atomic E-state index is 12.4. The molecular weight excluding hydrogens is 538 g/mol. The van der Waals surface area contributed by atoms with Crippen molar-refractivity contribution in [3.05, 3.63) is 75.4 Å². The second-order valence-electron chi connectivity index (χ2n) is 10.4. The second kappa shape index (κ2) is 13.6. The Kier molecular flexibility index (Phi) is 10.8. The Morgan fingerprint density at radius 3 is 2.36 bits per heavy atom. The number of non-ortho nitro benzene ring substituents is 1. The highest BCUT2D eigenvalue weighted by molar-refractivity contribution is 7.89. The molecule has 2 aliphatic rings. The minimum atomic E-state index is -3.73. The topological polar surface area (TPSA) is 127 Å². The Morgan fingerprint density at radius 1 is 1.03 bits per heavy atom. The van der Waals surface area contributed by atoms with Crippen molar-refractivity contribution in [1.82, 2.24) is 9.03 Å². The normalized spacial score (nSPS) is 17.2. The summed E-state index contributed by atoms with van der Waals surface area (Å²) in [6.07, 6.45) is 9.23. The molecule has 0 saturated carbocycles. The quantitative estimate of drug-likeness (QED) is 0.251. The first-order valence-electron chi connectivity index (χ1n) is 13.4. The van der Waals surface area contributed by atoms with Crippen molar-refractivity contribution in [2.75, 3.05) is 19.6 Å². The van der Waals surface area contributed by atoms with Crippen molar-refractivity contribution in [2.45, 2.75) is 75.5 Å². The van der Waals surface area contributed by atoms with Crippen LogP contribution < -0.4 is 4.72 Å². The number of rotatable bonds is 8. The van der Waals surface area contributed by atoms with E-state index in [1.165, 1.54) is 24.1 Å². The first-order chi connectivity index (χ1) is 18.4. The van der Waals surface area contributed by atoms with Gasteiger partial charge in [-0.3, -0.25) is 10.1 Å². The largest absolute Gasteiger partial charge is 0.270 e. The zero-order valence-corrected chi connectivity index (χ0v) is 24.6. The Morgan fingerprint density at radius 2 is 1.74 bits per heavy atom. The second-order valence-corrected chi connectivity index (χ2v) is 14.0. The molecule has 1 N–H and O–H groups in total. The molecule has 0 spiro atoms. The summed E-state index contributed by atoms with van der Waals surface area (Å²) >= 11 is 0. The molecule has 9 nitrogen and oxygen atoms in total. The number of aryl methyl sites for hydroxylation is 2. The Bertz CT molecular complexity index is 1400. The number of hydrogen-bond acceptors (Lipinski definition) is 6. The van der Waals surface area contributed by atoms with E-state index in [1.54, 1.807) is 29.4 Å². The molecule has 0 amide bonds. The fourth-order valence-corrected chi connectivity index (χ4v) is 7.57. The van der Waals surface area contributed by atoms with Gasteiger partial charge in [0.1, 0.15) is 0 Å². The third-order valence-corrected chi connectivity index (χ3v) is 10.7. The van der Waals surface area contributed by atoms with Crippen LogP contribution in [0.2, 0.25) is 0 Å². The maximum Gasteiger partial charge on any atom is 0.270 e. The Balaban J connectivity index is 0.000000223. The van der Waals surface area contributed by atoms with Crippen LogP contribution in [0.15, 0.2) is 63.9 Å². The summed E-state index contributed by atoms with van der Waals surface area (Å²) in [6, 6.07) is 11.0. The molecule has 2 aromatic carbocycles. The van der Waals surface area contributed by atoms with Gasteiger partial charge in [0.05, 0.1) is 14.7 Å². The monoisotopic (exact) mass is 577 g/mol. The van der Waals surface area contributed by atoms with Gasteiger partial charge in [-0.25, -0.2) is 21.6 Å². The van der Waals surface area contributed by atoms with Crippen LogP contribution in [0.4, 0.5) is 5.69 Å². The lowest BCUT2D eigenvalue weighted by atomic mass is 9.97. The zero-order chi connectivity index (χ0) is 28.6. The predicted molar refractivity (Wildman–Crippen MR) is 153 cm³/mol. The van der Waals surface area contributed by atoms with Gasteiger partial charge < -0.3 is 0 Å². The molecule has 0 bridgehead atoms. The number of piperidine rings is 1. The summed E-state index contributed by atoms with van der Waals surface area (Å²) in [4.78, 5) is 10.6. The van der Waals surface area contributed by atoms with Crippen molar-refractivity contribution < 1.29 is 21.8 Å². The SMILES string of the molecule is Cc1ccc([N+](=O)[O-])cc1S(=O)(=O)NCCC1=CCCCC1.Cc1cccc(S(=O)(=O)N2CCC(C)CC2)c1. The summed E-state index contributed by atoms with van der Waals surface area (Å²) < 4.78 is 53.5. The van der Waals surface area contributed by atoms with Crippen molar-refractivity contribution in [1.29, 1.82) is 0 Å². The summed E-state index contributed by atoms with van der Waals surface area (Å²) in [7, 11) is -7.00. The van der Waals surface area contributed by atoms with Crippen LogP contribution >= 0.6 is 0 Å². The first kappa shape index (κ1) is 30.9. The summed E-state index contributed by atoms with van der Waals surface area (Å²) in [6.45, 7) is 7.33. The zero-order valence-electron chi connectivity index (χ0n) is 22.9. The molecule has 1 fully saturated rings. The molecule has 0 unspecified atom stereocenters. The third kappa shape index (κ3) is 8.69. The fraction of sp³-hybridized carbons (Fsp3) is 0.500.